The Balaban J connectivity index is 2.03. The normalized spacial score (nSPS) is 18.7. The molecule has 0 radical (unpaired) electrons. The average molecular weight is 297 g/mol. The molecular formula is C14H17ClN2O3. The van der Waals surface area contributed by atoms with Crippen LogP contribution in [0.1, 0.15) is 30.1 Å². The summed E-state index contributed by atoms with van der Waals surface area (Å²) < 4.78 is 5.02. The first kappa shape index (κ1) is 14.8. The third kappa shape index (κ3) is 3.48. The molecule has 1 aromatic heterocycles. The highest BCUT2D eigenvalue weighted by Crippen LogP contribution is 2.20. The Bertz CT molecular complexity index is 490. The number of hydrogen-bond acceptors (Lipinski definition) is 4. The van der Waals surface area contributed by atoms with Crippen LogP contribution in [0.15, 0.2) is 18.3 Å². The Hall–Kier alpha value is -1.62. The number of carbonyl (C=O) groups is 2. The quantitative estimate of drug-likeness (QED) is 0.633. The monoisotopic (exact) mass is 296 g/mol. The molecule has 1 aliphatic heterocycles. The van der Waals surface area contributed by atoms with Crippen LogP contribution in [0.5, 0.6) is 0 Å². The summed E-state index contributed by atoms with van der Waals surface area (Å²) in [5, 5.41) is 0.351. The third-order valence-corrected chi connectivity index (χ3v) is 3.53. The minimum Gasteiger partial charge on any atom is -0.466 e. The summed E-state index contributed by atoms with van der Waals surface area (Å²) in [6.07, 6.45) is 3.02. The molecule has 1 aliphatic rings. The van der Waals surface area contributed by atoms with E-state index in [1.165, 1.54) is 6.20 Å². The molecule has 2 heterocycles. The van der Waals surface area contributed by atoms with Crippen molar-refractivity contribution in [3.8, 4) is 0 Å². The van der Waals surface area contributed by atoms with Crippen LogP contribution >= 0.6 is 11.6 Å². The Morgan fingerprint density at radius 2 is 2.30 bits per heavy atom. The predicted octanol–water partition coefficient (Wildman–Crippen LogP) is 2.15. The maximum atomic E-state index is 12.3. The van der Waals surface area contributed by atoms with E-state index in [0.717, 1.165) is 12.8 Å². The van der Waals surface area contributed by atoms with Gasteiger partial charge in [-0.05, 0) is 31.9 Å². The molecule has 0 N–H and O–H groups in total. The van der Waals surface area contributed by atoms with E-state index >= 15 is 0 Å². The van der Waals surface area contributed by atoms with Crippen LogP contribution in [-0.2, 0) is 9.53 Å². The average Bonchev–Trinajstić information content (AvgIpc) is 2.48. The molecule has 0 spiro atoms. The van der Waals surface area contributed by atoms with Crippen molar-refractivity contribution in [1.29, 1.82) is 0 Å². The topological polar surface area (TPSA) is 59.5 Å². The number of esters is 1. The van der Waals surface area contributed by atoms with Crippen molar-refractivity contribution in [2.45, 2.75) is 19.8 Å². The summed E-state index contributed by atoms with van der Waals surface area (Å²) in [6.45, 7) is 3.20. The highest BCUT2D eigenvalue weighted by Gasteiger charge is 2.29. The smallest absolute Gasteiger partial charge is 0.310 e. The van der Waals surface area contributed by atoms with Crippen molar-refractivity contribution in [2.24, 2.45) is 5.92 Å². The van der Waals surface area contributed by atoms with Crippen LogP contribution < -0.4 is 0 Å². The zero-order valence-electron chi connectivity index (χ0n) is 11.3. The largest absolute Gasteiger partial charge is 0.466 e. The Kier molecular flexibility index (Phi) is 4.95. The van der Waals surface area contributed by atoms with Crippen molar-refractivity contribution in [2.75, 3.05) is 19.7 Å². The number of likely N-dealkylation sites (tertiary alicyclic amines) is 1. The lowest BCUT2D eigenvalue weighted by atomic mass is 9.97. The first-order valence-electron chi connectivity index (χ1n) is 6.69. The number of hydrogen-bond donors (Lipinski definition) is 0. The van der Waals surface area contributed by atoms with Gasteiger partial charge in [0.1, 0.15) is 5.15 Å². The number of nitrogens with zero attached hydrogens (tertiary/aromatic N) is 2. The van der Waals surface area contributed by atoms with Crippen LogP contribution in [0, 0.1) is 5.92 Å². The molecule has 1 amide bonds. The molecule has 0 saturated carbocycles. The minimum atomic E-state index is -0.229. The van der Waals surface area contributed by atoms with Gasteiger partial charge in [-0.25, -0.2) is 4.98 Å². The van der Waals surface area contributed by atoms with Gasteiger partial charge in [0.2, 0.25) is 0 Å². The predicted molar refractivity (Wildman–Crippen MR) is 74.5 cm³/mol. The van der Waals surface area contributed by atoms with Gasteiger partial charge in [-0.1, -0.05) is 11.6 Å². The van der Waals surface area contributed by atoms with Crippen molar-refractivity contribution in [1.82, 2.24) is 9.88 Å². The Labute approximate surface area is 122 Å². The second kappa shape index (κ2) is 6.70. The van der Waals surface area contributed by atoms with E-state index in [4.69, 9.17) is 16.3 Å². The lowest BCUT2D eigenvalue weighted by Gasteiger charge is -2.31. The van der Waals surface area contributed by atoms with Gasteiger partial charge in [0.05, 0.1) is 18.1 Å². The van der Waals surface area contributed by atoms with Crippen molar-refractivity contribution < 1.29 is 14.3 Å². The number of aromatic nitrogens is 1. The molecule has 108 valence electrons. The molecule has 0 bridgehead atoms. The number of amides is 1. The van der Waals surface area contributed by atoms with Gasteiger partial charge in [0, 0.05) is 19.3 Å². The van der Waals surface area contributed by atoms with E-state index in [1.54, 1.807) is 24.0 Å². The fraction of sp³-hybridized carbons (Fsp3) is 0.500. The van der Waals surface area contributed by atoms with Crippen LogP contribution in [-0.4, -0.2) is 41.5 Å². The van der Waals surface area contributed by atoms with Crippen LogP contribution in [0.3, 0.4) is 0 Å². The van der Waals surface area contributed by atoms with Gasteiger partial charge in [-0.3, -0.25) is 9.59 Å². The molecule has 20 heavy (non-hydrogen) atoms. The van der Waals surface area contributed by atoms with Crippen molar-refractivity contribution in [3.05, 3.63) is 29.0 Å². The highest BCUT2D eigenvalue weighted by atomic mass is 35.5. The lowest BCUT2D eigenvalue weighted by Crippen LogP contribution is -2.42. The Morgan fingerprint density at radius 1 is 1.50 bits per heavy atom. The molecule has 0 aliphatic carbocycles. The molecule has 1 aromatic rings. The minimum absolute atomic E-state index is 0.122. The molecule has 1 saturated heterocycles. The summed E-state index contributed by atoms with van der Waals surface area (Å²) in [5.41, 5.74) is 0.485. The van der Waals surface area contributed by atoms with Gasteiger partial charge < -0.3 is 9.64 Å². The summed E-state index contributed by atoms with van der Waals surface area (Å²) in [5.74, 6) is -0.574. The molecule has 2 rings (SSSR count). The first-order chi connectivity index (χ1) is 9.61. The molecular weight excluding hydrogens is 280 g/mol. The number of piperidine rings is 1. The summed E-state index contributed by atoms with van der Waals surface area (Å²) in [6, 6.07) is 3.23. The van der Waals surface area contributed by atoms with Crippen molar-refractivity contribution >= 4 is 23.5 Å². The molecule has 1 fully saturated rings. The lowest BCUT2D eigenvalue weighted by molar-refractivity contribution is -0.149. The number of rotatable bonds is 3. The zero-order chi connectivity index (χ0) is 14.5. The molecule has 1 atom stereocenters. The standard InChI is InChI=1S/C14H17ClN2O3/c1-2-20-14(19)11-4-3-7-17(9-11)13(18)10-5-6-12(15)16-8-10/h5-6,8,11H,2-4,7,9H2,1H3. The van der Waals surface area contributed by atoms with E-state index in [2.05, 4.69) is 4.98 Å². The van der Waals surface area contributed by atoms with E-state index in [0.29, 0.717) is 30.4 Å². The SMILES string of the molecule is CCOC(=O)C1CCCN(C(=O)c2ccc(Cl)nc2)C1. The summed E-state index contributed by atoms with van der Waals surface area (Å²) in [7, 11) is 0. The molecule has 0 aromatic carbocycles. The van der Waals surface area contributed by atoms with Gasteiger partial charge >= 0.3 is 5.97 Å². The van der Waals surface area contributed by atoms with E-state index in [9.17, 15) is 9.59 Å². The fourth-order valence-corrected chi connectivity index (χ4v) is 2.41. The first-order valence-corrected chi connectivity index (χ1v) is 7.07. The molecule has 1 unspecified atom stereocenters. The van der Waals surface area contributed by atoms with Gasteiger partial charge in [0.15, 0.2) is 0 Å². The summed E-state index contributed by atoms with van der Waals surface area (Å²) >= 11 is 5.70. The molecule has 6 heteroatoms. The number of carbonyl (C=O) groups excluding carboxylic acids is 2. The van der Waals surface area contributed by atoms with Gasteiger partial charge in [-0.15, -0.1) is 0 Å². The van der Waals surface area contributed by atoms with Crippen molar-refractivity contribution in [3.63, 3.8) is 0 Å². The second-order valence-corrected chi connectivity index (χ2v) is 5.10. The van der Waals surface area contributed by atoms with Gasteiger partial charge in [-0.2, -0.15) is 0 Å². The van der Waals surface area contributed by atoms with Crippen LogP contribution in [0.2, 0.25) is 5.15 Å². The summed E-state index contributed by atoms with van der Waals surface area (Å²) in [4.78, 5) is 29.7. The highest BCUT2D eigenvalue weighted by molar-refractivity contribution is 6.29. The number of pyridine rings is 1. The van der Waals surface area contributed by atoms with E-state index in [1.807, 2.05) is 0 Å². The number of ether oxygens (including phenoxy) is 1. The maximum Gasteiger partial charge on any atom is 0.310 e. The van der Waals surface area contributed by atoms with E-state index in [-0.39, 0.29) is 17.8 Å². The maximum absolute atomic E-state index is 12.3. The van der Waals surface area contributed by atoms with E-state index < -0.39 is 0 Å². The van der Waals surface area contributed by atoms with Gasteiger partial charge in [0.25, 0.3) is 5.91 Å². The Morgan fingerprint density at radius 3 is 2.95 bits per heavy atom. The fourth-order valence-electron chi connectivity index (χ4n) is 2.30. The zero-order valence-corrected chi connectivity index (χ0v) is 12.1. The number of halogens is 1. The third-order valence-electron chi connectivity index (χ3n) is 3.30. The van der Waals surface area contributed by atoms with Crippen LogP contribution in [0.4, 0.5) is 0 Å². The van der Waals surface area contributed by atoms with Crippen LogP contribution in [0.25, 0.3) is 0 Å². The molecule has 5 nitrogen and oxygen atoms in total. The second-order valence-electron chi connectivity index (χ2n) is 4.71.